The summed E-state index contributed by atoms with van der Waals surface area (Å²) in [7, 11) is 0. The first-order valence-corrected chi connectivity index (χ1v) is 7.94. The summed E-state index contributed by atoms with van der Waals surface area (Å²) in [4.78, 5) is 4.34. The molecule has 0 aliphatic carbocycles. The summed E-state index contributed by atoms with van der Waals surface area (Å²) in [5, 5.41) is 3.09. The van der Waals surface area contributed by atoms with Gasteiger partial charge in [-0.1, -0.05) is 30.3 Å². The van der Waals surface area contributed by atoms with Crippen LogP contribution in [0.1, 0.15) is 16.7 Å². The van der Waals surface area contributed by atoms with Crippen LogP contribution in [0, 0.1) is 6.92 Å². The molecule has 21 heavy (non-hydrogen) atoms. The zero-order chi connectivity index (χ0) is 14.7. The predicted octanol–water partition coefficient (Wildman–Crippen LogP) is 4.49. The second-order valence-corrected chi connectivity index (χ2v) is 6.11. The smallest absolute Gasteiger partial charge is 0.123 e. The zero-order valence-corrected chi connectivity index (χ0v) is 12.9. The molecule has 0 atom stereocenters. The molecule has 3 heteroatoms. The number of nitrogens with two attached hydrogens (primary N) is 1. The number of nitrogen functional groups attached to an aromatic ring is 1. The lowest BCUT2D eigenvalue weighted by Gasteiger charge is -2.07. The SMILES string of the molecule is Cc1cc(N)ccc1CCc1ccc(-c2nccs2)cc1. The molecule has 0 spiro atoms. The molecule has 0 radical (unpaired) electrons. The highest BCUT2D eigenvalue weighted by Crippen LogP contribution is 2.22. The Bertz CT molecular complexity index is 715. The lowest BCUT2D eigenvalue weighted by molar-refractivity contribution is 0.950. The van der Waals surface area contributed by atoms with Crippen molar-refractivity contribution in [3.63, 3.8) is 0 Å². The van der Waals surface area contributed by atoms with Crippen molar-refractivity contribution in [3.05, 3.63) is 70.7 Å². The third-order valence-electron chi connectivity index (χ3n) is 3.68. The minimum atomic E-state index is 0.837. The van der Waals surface area contributed by atoms with E-state index in [0.717, 1.165) is 23.5 Å². The Labute approximate surface area is 129 Å². The molecule has 0 saturated heterocycles. The number of hydrogen-bond acceptors (Lipinski definition) is 3. The van der Waals surface area contributed by atoms with E-state index in [1.54, 1.807) is 11.3 Å². The number of aromatic nitrogens is 1. The Morgan fingerprint density at radius 3 is 2.52 bits per heavy atom. The fraction of sp³-hybridized carbons (Fsp3) is 0.167. The van der Waals surface area contributed by atoms with Gasteiger partial charge in [-0.05, 0) is 48.6 Å². The maximum Gasteiger partial charge on any atom is 0.123 e. The van der Waals surface area contributed by atoms with Crippen LogP contribution in [0.15, 0.2) is 54.0 Å². The first kappa shape index (κ1) is 13.8. The third-order valence-corrected chi connectivity index (χ3v) is 4.51. The van der Waals surface area contributed by atoms with Crippen LogP contribution in [-0.4, -0.2) is 4.98 Å². The normalized spacial score (nSPS) is 10.7. The quantitative estimate of drug-likeness (QED) is 0.720. The molecule has 3 rings (SSSR count). The fourth-order valence-electron chi connectivity index (χ4n) is 2.46. The Kier molecular flexibility index (Phi) is 4.02. The van der Waals surface area contributed by atoms with E-state index in [0.29, 0.717) is 0 Å². The van der Waals surface area contributed by atoms with E-state index in [2.05, 4.69) is 42.2 Å². The average molecular weight is 294 g/mol. The van der Waals surface area contributed by atoms with Crippen LogP contribution in [-0.2, 0) is 12.8 Å². The molecular weight excluding hydrogens is 276 g/mol. The van der Waals surface area contributed by atoms with Crippen LogP contribution in [0.5, 0.6) is 0 Å². The van der Waals surface area contributed by atoms with E-state index in [1.807, 2.05) is 23.7 Å². The number of aryl methyl sites for hydroxylation is 3. The van der Waals surface area contributed by atoms with Crippen molar-refractivity contribution < 1.29 is 0 Å². The number of rotatable bonds is 4. The first-order chi connectivity index (χ1) is 10.2. The molecule has 2 nitrogen and oxygen atoms in total. The maximum atomic E-state index is 5.79. The maximum absolute atomic E-state index is 5.79. The minimum Gasteiger partial charge on any atom is -0.399 e. The van der Waals surface area contributed by atoms with Crippen molar-refractivity contribution in [1.82, 2.24) is 4.98 Å². The number of anilines is 1. The molecule has 0 bridgehead atoms. The summed E-state index contributed by atoms with van der Waals surface area (Å²) in [5.74, 6) is 0. The van der Waals surface area contributed by atoms with Crippen molar-refractivity contribution in [1.29, 1.82) is 0 Å². The van der Waals surface area contributed by atoms with Crippen LogP contribution in [0.4, 0.5) is 5.69 Å². The molecule has 3 aromatic rings. The van der Waals surface area contributed by atoms with Gasteiger partial charge in [0.1, 0.15) is 5.01 Å². The summed E-state index contributed by atoms with van der Waals surface area (Å²) >= 11 is 1.67. The van der Waals surface area contributed by atoms with Crippen molar-refractivity contribution >= 4 is 17.0 Å². The molecule has 0 aliphatic heterocycles. The zero-order valence-electron chi connectivity index (χ0n) is 12.0. The van der Waals surface area contributed by atoms with Crippen molar-refractivity contribution in [2.45, 2.75) is 19.8 Å². The van der Waals surface area contributed by atoms with Gasteiger partial charge in [0, 0.05) is 22.8 Å². The lowest BCUT2D eigenvalue weighted by Crippen LogP contribution is -1.96. The first-order valence-electron chi connectivity index (χ1n) is 7.06. The molecule has 1 heterocycles. The van der Waals surface area contributed by atoms with Gasteiger partial charge in [-0.2, -0.15) is 0 Å². The van der Waals surface area contributed by atoms with Crippen LogP contribution < -0.4 is 5.73 Å². The number of nitrogens with zero attached hydrogens (tertiary/aromatic N) is 1. The number of benzene rings is 2. The van der Waals surface area contributed by atoms with E-state index >= 15 is 0 Å². The predicted molar refractivity (Wildman–Crippen MR) is 90.5 cm³/mol. The number of hydrogen-bond donors (Lipinski definition) is 1. The summed E-state index contributed by atoms with van der Waals surface area (Å²) in [6.07, 6.45) is 3.93. The molecule has 0 amide bonds. The van der Waals surface area contributed by atoms with Crippen molar-refractivity contribution in [2.75, 3.05) is 5.73 Å². The molecule has 2 aromatic carbocycles. The largest absolute Gasteiger partial charge is 0.399 e. The van der Waals surface area contributed by atoms with Gasteiger partial charge in [0.25, 0.3) is 0 Å². The van der Waals surface area contributed by atoms with E-state index < -0.39 is 0 Å². The van der Waals surface area contributed by atoms with Gasteiger partial charge in [-0.3, -0.25) is 0 Å². The monoisotopic (exact) mass is 294 g/mol. The standard InChI is InChI=1S/C18H18N2S/c1-13-12-17(19)9-8-15(13)5-2-14-3-6-16(7-4-14)18-20-10-11-21-18/h3-4,6-12H,2,5,19H2,1H3. The second-order valence-electron chi connectivity index (χ2n) is 5.22. The topological polar surface area (TPSA) is 38.9 Å². The van der Waals surface area contributed by atoms with Crippen LogP contribution >= 0.6 is 11.3 Å². The summed E-state index contributed by atoms with van der Waals surface area (Å²) in [5.41, 5.74) is 11.8. The van der Waals surface area contributed by atoms with Crippen molar-refractivity contribution in [2.24, 2.45) is 0 Å². The summed E-state index contributed by atoms with van der Waals surface area (Å²) in [6, 6.07) is 14.9. The highest BCUT2D eigenvalue weighted by molar-refractivity contribution is 7.13. The lowest BCUT2D eigenvalue weighted by atomic mass is 9.99. The molecule has 0 unspecified atom stereocenters. The average Bonchev–Trinajstić information content (AvgIpc) is 3.01. The van der Waals surface area contributed by atoms with E-state index in [-0.39, 0.29) is 0 Å². The van der Waals surface area contributed by atoms with Gasteiger partial charge in [0.15, 0.2) is 0 Å². The Morgan fingerprint density at radius 2 is 1.86 bits per heavy atom. The van der Waals surface area contributed by atoms with Gasteiger partial charge in [-0.25, -0.2) is 4.98 Å². The Hall–Kier alpha value is -2.13. The fourth-order valence-corrected chi connectivity index (χ4v) is 3.10. The molecule has 106 valence electrons. The van der Waals surface area contributed by atoms with Gasteiger partial charge >= 0.3 is 0 Å². The Balaban J connectivity index is 1.68. The molecular formula is C18H18N2S. The van der Waals surface area contributed by atoms with Gasteiger partial charge in [0.2, 0.25) is 0 Å². The third kappa shape index (κ3) is 3.31. The summed E-state index contributed by atoms with van der Waals surface area (Å²) < 4.78 is 0. The van der Waals surface area contributed by atoms with Gasteiger partial charge in [-0.15, -0.1) is 11.3 Å². The van der Waals surface area contributed by atoms with E-state index in [9.17, 15) is 0 Å². The van der Waals surface area contributed by atoms with Gasteiger partial charge in [0.05, 0.1) is 0 Å². The highest BCUT2D eigenvalue weighted by Gasteiger charge is 2.02. The molecule has 2 N–H and O–H groups in total. The second kappa shape index (κ2) is 6.10. The van der Waals surface area contributed by atoms with Crippen LogP contribution in [0.3, 0.4) is 0 Å². The van der Waals surface area contributed by atoms with Crippen molar-refractivity contribution in [3.8, 4) is 10.6 Å². The van der Waals surface area contributed by atoms with E-state index in [1.165, 1.54) is 22.3 Å². The molecule has 0 fully saturated rings. The summed E-state index contributed by atoms with van der Waals surface area (Å²) in [6.45, 7) is 2.12. The van der Waals surface area contributed by atoms with Crippen LogP contribution in [0.25, 0.3) is 10.6 Å². The van der Waals surface area contributed by atoms with E-state index in [4.69, 9.17) is 5.73 Å². The Morgan fingerprint density at radius 1 is 1.05 bits per heavy atom. The molecule has 0 aliphatic rings. The van der Waals surface area contributed by atoms with Crippen LogP contribution in [0.2, 0.25) is 0 Å². The van der Waals surface area contributed by atoms with Gasteiger partial charge < -0.3 is 5.73 Å². The molecule has 0 saturated carbocycles. The molecule has 1 aromatic heterocycles. The minimum absolute atomic E-state index is 0.837. The number of thiazole rings is 1. The highest BCUT2D eigenvalue weighted by atomic mass is 32.1.